The monoisotopic (exact) mass is 298 g/mol. The summed E-state index contributed by atoms with van der Waals surface area (Å²) in [5, 5.41) is 0. The molecule has 0 spiro atoms. The molecule has 0 bridgehead atoms. The van der Waals surface area contributed by atoms with E-state index in [0.717, 1.165) is 18.2 Å². The van der Waals surface area contributed by atoms with Gasteiger partial charge in [0.15, 0.2) is 0 Å². The molecule has 1 aromatic carbocycles. The van der Waals surface area contributed by atoms with Gasteiger partial charge in [0, 0.05) is 0 Å². The van der Waals surface area contributed by atoms with Crippen molar-refractivity contribution in [1.82, 2.24) is 4.72 Å². The fourth-order valence-corrected chi connectivity index (χ4v) is 3.22. The topological polar surface area (TPSA) is 72.2 Å². The molecule has 0 aromatic heterocycles. The molecule has 1 aromatic rings. The predicted molar refractivity (Wildman–Crippen MR) is 59.2 cm³/mol. The van der Waals surface area contributed by atoms with Gasteiger partial charge in [0.05, 0.1) is 5.69 Å². The average molecular weight is 298 g/mol. The normalized spacial score (nSPS) is 18.3. The quantitative estimate of drug-likeness (QED) is 0.660. The van der Waals surface area contributed by atoms with Gasteiger partial charge < -0.3 is 5.73 Å². The van der Waals surface area contributed by atoms with Gasteiger partial charge in [-0.2, -0.15) is 17.9 Å². The molecular weight excluding hydrogens is 288 g/mol. The van der Waals surface area contributed by atoms with Crippen LogP contribution in [0.1, 0.15) is 12.8 Å². The molecule has 1 aliphatic carbocycles. The zero-order valence-corrected chi connectivity index (χ0v) is 10.3. The molecule has 0 heterocycles. The van der Waals surface area contributed by atoms with E-state index in [4.69, 9.17) is 5.73 Å². The van der Waals surface area contributed by atoms with Crippen molar-refractivity contribution in [3.8, 4) is 0 Å². The van der Waals surface area contributed by atoms with Crippen LogP contribution in [0.2, 0.25) is 0 Å². The third-order valence-electron chi connectivity index (χ3n) is 2.92. The van der Waals surface area contributed by atoms with Gasteiger partial charge in [-0.05, 0) is 25.0 Å². The Morgan fingerprint density at radius 1 is 1.26 bits per heavy atom. The van der Waals surface area contributed by atoms with Crippen LogP contribution in [0.5, 0.6) is 0 Å². The fourth-order valence-electron chi connectivity index (χ4n) is 1.63. The Labute approximate surface area is 106 Å². The molecule has 0 unspecified atom stereocenters. The van der Waals surface area contributed by atoms with Gasteiger partial charge in [0.1, 0.15) is 16.3 Å². The van der Waals surface area contributed by atoms with Crippen LogP contribution in [0, 0.1) is 5.82 Å². The predicted octanol–water partition coefficient (Wildman–Crippen LogP) is 1.78. The molecule has 1 saturated carbocycles. The van der Waals surface area contributed by atoms with Crippen molar-refractivity contribution in [1.29, 1.82) is 0 Å². The van der Waals surface area contributed by atoms with Crippen LogP contribution >= 0.6 is 0 Å². The van der Waals surface area contributed by atoms with Gasteiger partial charge in [0.25, 0.3) is 0 Å². The second-order valence-electron chi connectivity index (χ2n) is 4.34. The zero-order valence-electron chi connectivity index (χ0n) is 9.46. The fraction of sp³-hybridized carbons (Fsp3) is 0.400. The molecule has 0 saturated heterocycles. The van der Waals surface area contributed by atoms with E-state index in [-0.39, 0.29) is 12.8 Å². The Balaban J connectivity index is 2.37. The molecule has 4 nitrogen and oxygen atoms in total. The van der Waals surface area contributed by atoms with Crippen LogP contribution in [-0.4, -0.2) is 20.1 Å². The Bertz CT molecular complexity index is 608. The number of hydrogen-bond donors (Lipinski definition) is 2. The molecule has 0 atom stereocenters. The van der Waals surface area contributed by atoms with Gasteiger partial charge in [0.2, 0.25) is 10.0 Å². The molecule has 0 radical (unpaired) electrons. The van der Waals surface area contributed by atoms with Gasteiger partial charge in [-0.15, -0.1) is 0 Å². The molecule has 1 fully saturated rings. The number of nitrogens with one attached hydrogen (secondary N) is 1. The van der Waals surface area contributed by atoms with E-state index in [1.807, 2.05) is 0 Å². The van der Waals surface area contributed by atoms with E-state index in [2.05, 4.69) is 0 Å². The van der Waals surface area contributed by atoms with Crippen LogP contribution in [-0.2, 0) is 10.0 Å². The molecule has 0 aliphatic heterocycles. The van der Waals surface area contributed by atoms with Crippen LogP contribution in [0.4, 0.5) is 23.2 Å². The number of rotatable bonds is 3. The molecule has 1 aliphatic rings. The first kappa shape index (κ1) is 14.1. The first-order valence-electron chi connectivity index (χ1n) is 5.24. The first-order chi connectivity index (χ1) is 8.59. The van der Waals surface area contributed by atoms with Crippen molar-refractivity contribution in [2.24, 2.45) is 0 Å². The lowest BCUT2D eigenvalue weighted by Crippen LogP contribution is -2.47. The van der Waals surface area contributed by atoms with Crippen molar-refractivity contribution < 1.29 is 26.0 Å². The van der Waals surface area contributed by atoms with Crippen molar-refractivity contribution in [3.05, 3.63) is 24.0 Å². The summed E-state index contributed by atoms with van der Waals surface area (Å²) >= 11 is 0. The summed E-state index contributed by atoms with van der Waals surface area (Å²) in [6, 6.07) is 2.94. The van der Waals surface area contributed by atoms with Crippen molar-refractivity contribution >= 4 is 15.7 Å². The third-order valence-corrected chi connectivity index (χ3v) is 4.52. The zero-order chi connectivity index (χ0) is 14.5. The van der Waals surface area contributed by atoms with Gasteiger partial charge in [-0.1, -0.05) is 6.07 Å². The maximum atomic E-state index is 13.2. The van der Waals surface area contributed by atoms with E-state index in [0.29, 0.717) is 0 Å². The number of sulfonamides is 1. The van der Waals surface area contributed by atoms with E-state index in [1.54, 1.807) is 4.72 Å². The van der Waals surface area contributed by atoms with Crippen LogP contribution in [0.3, 0.4) is 0 Å². The standard InChI is InChI=1S/C10H10F4N2O2S/c11-6-2-1-3-7(8(6)15)19(17,18)16-9(4-5-9)10(12,13)14/h1-3,16H,4-5,15H2. The first-order valence-corrected chi connectivity index (χ1v) is 6.72. The Morgan fingerprint density at radius 3 is 2.32 bits per heavy atom. The Morgan fingerprint density at radius 2 is 1.84 bits per heavy atom. The van der Waals surface area contributed by atoms with E-state index < -0.39 is 38.1 Å². The lowest BCUT2D eigenvalue weighted by Gasteiger charge is -2.21. The van der Waals surface area contributed by atoms with Crippen molar-refractivity contribution in [2.45, 2.75) is 29.5 Å². The number of alkyl halides is 3. The number of halogens is 4. The molecule has 106 valence electrons. The maximum Gasteiger partial charge on any atom is 0.407 e. The van der Waals surface area contributed by atoms with Gasteiger partial charge in [-0.25, -0.2) is 12.8 Å². The lowest BCUT2D eigenvalue weighted by molar-refractivity contribution is -0.160. The summed E-state index contributed by atoms with van der Waals surface area (Å²) in [6.45, 7) is 0. The third kappa shape index (κ3) is 2.39. The highest BCUT2D eigenvalue weighted by Gasteiger charge is 2.65. The van der Waals surface area contributed by atoms with Crippen LogP contribution in [0.15, 0.2) is 23.1 Å². The smallest absolute Gasteiger partial charge is 0.395 e. The summed E-state index contributed by atoms with van der Waals surface area (Å²) in [6.07, 6.45) is -5.38. The number of nitrogens with two attached hydrogens (primary N) is 1. The minimum atomic E-state index is -4.69. The van der Waals surface area contributed by atoms with E-state index in [1.165, 1.54) is 0 Å². The molecule has 2 rings (SSSR count). The lowest BCUT2D eigenvalue weighted by atomic mass is 10.3. The molecule has 3 N–H and O–H groups in total. The molecular formula is C10H10F4N2O2S. The Hall–Kier alpha value is -1.35. The molecule has 0 amide bonds. The van der Waals surface area contributed by atoms with Crippen molar-refractivity contribution in [3.63, 3.8) is 0 Å². The highest BCUT2D eigenvalue weighted by molar-refractivity contribution is 7.89. The average Bonchev–Trinajstić information content (AvgIpc) is 3.01. The second kappa shape index (κ2) is 4.07. The minimum absolute atomic E-state index is 0.342. The van der Waals surface area contributed by atoms with Crippen molar-refractivity contribution in [2.75, 3.05) is 5.73 Å². The number of benzene rings is 1. The summed E-state index contributed by atoms with van der Waals surface area (Å²) in [5.74, 6) is -1.00. The molecule has 19 heavy (non-hydrogen) atoms. The van der Waals surface area contributed by atoms with Crippen LogP contribution in [0.25, 0.3) is 0 Å². The summed E-state index contributed by atoms with van der Waals surface area (Å²) in [7, 11) is -4.53. The van der Waals surface area contributed by atoms with Gasteiger partial charge >= 0.3 is 6.18 Å². The number of para-hydroxylation sites is 1. The molecule has 9 heteroatoms. The maximum absolute atomic E-state index is 13.2. The Kier molecular flexibility index (Phi) is 3.01. The summed E-state index contributed by atoms with van der Waals surface area (Å²) in [5.41, 5.74) is 2.09. The highest BCUT2D eigenvalue weighted by atomic mass is 32.2. The minimum Gasteiger partial charge on any atom is -0.395 e. The summed E-state index contributed by atoms with van der Waals surface area (Å²) in [4.78, 5) is -0.692. The van der Waals surface area contributed by atoms with E-state index in [9.17, 15) is 26.0 Å². The summed E-state index contributed by atoms with van der Waals surface area (Å²) < 4.78 is 76.5. The van der Waals surface area contributed by atoms with Gasteiger partial charge in [-0.3, -0.25) is 0 Å². The van der Waals surface area contributed by atoms with E-state index >= 15 is 0 Å². The number of anilines is 1. The number of nitrogen functional groups attached to an aromatic ring is 1. The highest BCUT2D eigenvalue weighted by Crippen LogP contribution is 2.49. The number of hydrogen-bond acceptors (Lipinski definition) is 3. The van der Waals surface area contributed by atoms with Crippen LogP contribution < -0.4 is 10.5 Å². The second-order valence-corrected chi connectivity index (χ2v) is 5.99. The largest absolute Gasteiger partial charge is 0.407 e. The SMILES string of the molecule is Nc1c(F)cccc1S(=O)(=O)NC1(C(F)(F)F)CC1.